The number of hydrogen-bond donors (Lipinski definition) is 1. The van der Waals surface area contributed by atoms with Gasteiger partial charge in [-0.3, -0.25) is 4.79 Å². The third kappa shape index (κ3) is 5.95. The fraction of sp³-hybridized carbons (Fsp3) is 0.619. The molecular weight excluding hydrogens is 428 g/mol. The number of amides is 1. The van der Waals surface area contributed by atoms with E-state index in [1.807, 2.05) is 0 Å². The lowest BCUT2D eigenvalue weighted by Gasteiger charge is -2.26. The Balaban J connectivity index is 1.58. The van der Waals surface area contributed by atoms with Gasteiger partial charge in [0.25, 0.3) is 5.91 Å². The molecule has 1 aliphatic heterocycles. The van der Waals surface area contributed by atoms with Gasteiger partial charge in [-0.15, -0.1) is 0 Å². The molecule has 1 aromatic carbocycles. The fourth-order valence-corrected chi connectivity index (χ4v) is 5.72. The van der Waals surface area contributed by atoms with Crippen LogP contribution in [0.3, 0.4) is 0 Å². The van der Waals surface area contributed by atoms with Gasteiger partial charge in [-0.05, 0) is 49.8 Å². The molecule has 0 radical (unpaired) electrons. The van der Waals surface area contributed by atoms with Crippen molar-refractivity contribution in [1.82, 2.24) is 9.62 Å². The highest BCUT2D eigenvalue weighted by molar-refractivity contribution is 7.89. The van der Waals surface area contributed by atoms with E-state index in [0.717, 1.165) is 32.1 Å². The minimum atomic E-state index is -3.70. The quantitative estimate of drug-likeness (QED) is 0.635. The minimum Gasteiger partial charge on any atom is -0.452 e. The Hall–Kier alpha value is -1.64. The smallest absolute Gasteiger partial charge is 0.340 e. The van der Waals surface area contributed by atoms with Gasteiger partial charge in [-0.25, -0.2) is 13.2 Å². The van der Waals surface area contributed by atoms with Crippen molar-refractivity contribution in [3.63, 3.8) is 0 Å². The van der Waals surface area contributed by atoms with Crippen LogP contribution in [0.4, 0.5) is 0 Å². The first-order valence-electron chi connectivity index (χ1n) is 10.6. The van der Waals surface area contributed by atoms with E-state index in [1.165, 1.54) is 41.8 Å². The second kappa shape index (κ2) is 10.6. The van der Waals surface area contributed by atoms with Crippen molar-refractivity contribution < 1.29 is 22.7 Å². The lowest BCUT2D eigenvalue weighted by atomic mass is 9.89. The lowest BCUT2D eigenvalue weighted by Crippen LogP contribution is -2.35. The van der Waals surface area contributed by atoms with Crippen LogP contribution in [-0.4, -0.2) is 50.8 Å². The summed E-state index contributed by atoms with van der Waals surface area (Å²) in [5, 5.41) is 2.88. The summed E-state index contributed by atoms with van der Waals surface area (Å²) in [4.78, 5) is 24.5. The molecule has 1 amide bonds. The normalized spacial score (nSPS) is 18.7. The van der Waals surface area contributed by atoms with Crippen molar-refractivity contribution in [3.8, 4) is 0 Å². The molecule has 3 rings (SSSR count). The third-order valence-electron chi connectivity index (χ3n) is 5.76. The number of carbonyl (C=O) groups is 2. The molecule has 7 nitrogen and oxygen atoms in total. The number of halogens is 1. The molecule has 1 aliphatic carbocycles. The molecule has 2 aliphatic rings. The number of nitrogens with zero attached hydrogens (tertiary/aromatic N) is 1. The van der Waals surface area contributed by atoms with Crippen LogP contribution >= 0.6 is 11.6 Å². The van der Waals surface area contributed by atoms with Crippen molar-refractivity contribution in [2.24, 2.45) is 5.92 Å². The number of piperidine rings is 1. The first kappa shape index (κ1) is 23.0. The summed E-state index contributed by atoms with van der Waals surface area (Å²) in [5.74, 6) is -0.713. The highest BCUT2D eigenvalue weighted by atomic mass is 35.5. The van der Waals surface area contributed by atoms with Crippen molar-refractivity contribution in [3.05, 3.63) is 28.8 Å². The summed E-state index contributed by atoms with van der Waals surface area (Å²) in [7, 11) is -3.70. The Morgan fingerprint density at radius 1 is 1.07 bits per heavy atom. The van der Waals surface area contributed by atoms with Crippen LogP contribution in [0.1, 0.15) is 61.7 Å². The van der Waals surface area contributed by atoms with Gasteiger partial charge in [0.15, 0.2) is 6.61 Å². The zero-order valence-electron chi connectivity index (χ0n) is 17.1. The summed E-state index contributed by atoms with van der Waals surface area (Å²) < 4.78 is 32.2. The lowest BCUT2D eigenvalue weighted by molar-refractivity contribution is -0.124. The van der Waals surface area contributed by atoms with Crippen LogP contribution in [-0.2, 0) is 19.6 Å². The van der Waals surface area contributed by atoms with Gasteiger partial charge in [-0.2, -0.15) is 4.31 Å². The summed E-state index contributed by atoms with van der Waals surface area (Å²) in [6.45, 7) is 1.09. The van der Waals surface area contributed by atoms with Crippen LogP contribution in [0.5, 0.6) is 0 Å². The molecular formula is C21H29ClN2O5S. The molecule has 0 aromatic heterocycles. The standard InChI is InChI=1S/C21H29ClN2O5S/c22-19-10-9-17(30(27,28)24-11-5-2-6-12-24)13-18(19)21(26)29-15-20(25)23-14-16-7-3-1-4-8-16/h9-10,13,16H,1-8,11-12,14-15H2,(H,23,25). The highest BCUT2D eigenvalue weighted by Crippen LogP contribution is 2.26. The molecule has 1 saturated heterocycles. The zero-order chi connectivity index (χ0) is 21.6. The first-order valence-corrected chi connectivity index (χ1v) is 12.4. The predicted molar refractivity (Wildman–Crippen MR) is 114 cm³/mol. The van der Waals surface area contributed by atoms with Crippen molar-refractivity contribution in [2.75, 3.05) is 26.2 Å². The average molecular weight is 457 g/mol. The molecule has 30 heavy (non-hydrogen) atoms. The van der Waals surface area contributed by atoms with Crippen molar-refractivity contribution in [2.45, 2.75) is 56.3 Å². The number of benzene rings is 1. The molecule has 2 fully saturated rings. The number of hydrogen-bond acceptors (Lipinski definition) is 5. The van der Waals surface area contributed by atoms with E-state index in [1.54, 1.807) is 0 Å². The Morgan fingerprint density at radius 2 is 1.73 bits per heavy atom. The monoisotopic (exact) mass is 456 g/mol. The molecule has 0 unspecified atom stereocenters. The van der Waals surface area contributed by atoms with Crippen molar-refractivity contribution >= 4 is 33.5 Å². The third-order valence-corrected chi connectivity index (χ3v) is 7.98. The van der Waals surface area contributed by atoms with Gasteiger partial charge >= 0.3 is 5.97 Å². The molecule has 1 N–H and O–H groups in total. The van der Waals surface area contributed by atoms with E-state index in [2.05, 4.69) is 5.32 Å². The van der Waals surface area contributed by atoms with E-state index in [-0.39, 0.29) is 21.4 Å². The predicted octanol–water partition coefficient (Wildman–Crippen LogP) is 3.37. The molecule has 1 saturated carbocycles. The van der Waals surface area contributed by atoms with Gasteiger partial charge in [0.2, 0.25) is 10.0 Å². The van der Waals surface area contributed by atoms with Crippen LogP contribution < -0.4 is 5.32 Å². The molecule has 0 atom stereocenters. The number of sulfonamides is 1. The molecule has 1 heterocycles. The first-order chi connectivity index (χ1) is 14.4. The fourth-order valence-electron chi connectivity index (χ4n) is 3.98. The van der Waals surface area contributed by atoms with Gasteiger partial charge in [-0.1, -0.05) is 37.3 Å². The highest BCUT2D eigenvalue weighted by Gasteiger charge is 2.27. The molecule has 9 heteroatoms. The molecule has 1 aromatic rings. The van der Waals surface area contributed by atoms with Crippen LogP contribution in [0.15, 0.2) is 23.1 Å². The summed E-state index contributed by atoms with van der Waals surface area (Å²) in [5.41, 5.74) is -0.0603. The second-order valence-electron chi connectivity index (χ2n) is 7.99. The van der Waals surface area contributed by atoms with Gasteiger partial charge in [0, 0.05) is 19.6 Å². The Morgan fingerprint density at radius 3 is 2.43 bits per heavy atom. The number of ether oxygens (including phenoxy) is 1. The van der Waals surface area contributed by atoms with Gasteiger partial charge < -0.3 is 10.1 Å². The number of nitrogens with one attached hydrogen (secondary N) is 1. The Kier molecular flexibility index (Phi) is 8.13. The van der Waals surface area contributed by atoms with E-state index in [4.69, 9.17) is 16.3 Å². The average Bonchev–Trinajstić information content (AvgIpc) is 2.77. The largest absolute Gasteiger partial charge is 0.452 e. The molecule has 0 spiro atoms. The van der Waals surface area contributed by atoms with Crippen molar-refractivity contribution in [1.29, 1.82) is 0 Å². The topological polar surface area (TPSA) is 92.8 Å². The maximum atomic E-state index is 12.8. The van der Waals surface area contributed by atoms with E-state index in [9.17, 15) is 18.0 Å². The van der Waals surface area contributed by atoms with Crippen LogP contribution in [0.2, 0.25) is 5.02 Å². The van der Waals surface area contributed by atoms with Gasteiger partial charge in [0.05, 0.1) is 15.5 Å². The minimum absolute atomic E-state index is 0.00231. The van der Waals surface area contributed by atoms with Crippen LogP contribution in [0, 0.1) is 5.92 Å². The second-order valence-corrected chi connectivity index (χ2v) is 10.3. The SMILES string of the molecule is O=C(COC(=O)c1cc(S(=O)(=O)N2CCCCC2)ccc1Cl)NCC1CCCCC1. The van der Waals surface area contributed by atoms with Gasteiger partial charge in [0.1, 0.15) is 0 Å². The van der Waals surface area contributed by atoms with E-state index >= 15 is 0 Å². The number of rotatable bonds is 7. The van der Waals surface area contributed by atoms with E-state index < -0.39 is 22.6 Å². The molecule has 166 valence electrons. The molecule has 0 bridgehead atoms. The number of esters is 1. The maximum absolute atomic E-state index is 12.8. The Bertz CT molecular complexity index is 862. The Labute approximate surface area is 183 Å². The zero-order valence-corrected chi connectivity index (χ0v) is 18.6. The summed E-state index contributed by atoms with van der Waals surface area (Å²) >= 11 is 6.10. The number of carbonyl (C=O) groups excluding carboxylic acids is 2. The summed E-state index contributed by atoms with van der Waals surface area (Å²) in [6, 6.07) is 3.99. The maximum Gasteiger partial charge on any atom is 0.340 e. The van der Waals surface area contributed by atoms with E-state index in [0.29, 0.717) is 25.6 Å². The summed E-state index contributed by atoms with van der Waals surface area (Å²) in [6.07, 6.45) is 8.47. The van der Waals surface area contributed by atoms with Crippen LogP contribution in [0.25, 0.3) is 0 Å².